The minimum absolute atomic E-state index is 0.158. The topological polar surface area (TPSA) is 103 Å². The molecule has 0 radical (unpaired) electrons. The number of rotatable bonds is 3. The van der Waals surface area contributed by atoms with Crippen LogP contribution in [-0.4, -0.2) is 26.6 Å². The molecule has 19 heavy (non-hydrogen) atoms. The van der Waals surface area contributed by atoms with Crippen LogP contribution in [0.2, 0.25) is 0 Å². The molecule has 0 fully saturated rings. The van der Waals surface area contributed by atoms with Crippen LogP contribution in [0.25, 0.3) is 0 Å². The molecule has 0 aliphatic rings. The number of carbonyl (C=O) groups is 2. The second kappa shape index (κ2) is 5.30. The lowest BCUT2D eigenvalue weighted by Gasteiger charge is -2.05. The molecule has 0 aliphatic heterocycles. The van der Waals surface area contributed by atoms with Crippen molar-refractivity contribution in [2.24, 2.45) is 0 Å². The van der Waals surface area contributed by atoms with Gasteiger partial charge in [-0.3, -0.25) is 14.6 Å². The summed E-state index contributed by atoms with van der Waals surface area (Å²) in [6.45, 7) is 1.69. The van der Waals surface area contributed by atoms with E-state index in [1.54, 1.807) is 12.1 Å². The van der Waals surface area contributed by atoms with Crippen LogP contribution < -0.4 is 11.1 Å². The van der Waals surface area contributed by atoms with Crippen LogP contribution in [0.5, 0.6) is 0 Å². The lowest BCUT2D eigenvalue weighted by Crippen LogP contribution is -2.20. The average molecular weight is 259 g/mol. The van der Waals surface area contributed by atoms with Gasteiger partial charge in [-0.2, -0.15) is 9.78 Å². The van der Waals surface area contributed by atoms with E-state index in [1.165, 1.54) is 25.4 Å². The van der Waals surface area contributed by atoms with Crippen LogP contribution >= 0.6 is 0 Å². The zero-order chi connectivity index (χ0) is 13.8. The summed E-state index contributed by atoms with van der Waals surface area (Å²) in [5, 5.41) is 6.46. The second-order valence-corrected chi connectivity index (χ2v) is 3.92. The standard InChI is InChI=1S/C12H13N5O2/c1-8(18)15-7-10-6-9(2-4-14-10)12(19)17-11(13)3-5-16-17/h2-6H,7,13H2,1H3,(H,15,18). The van der Waals surface area contributed by atoms with Crippen molar-refractivity contribution < 1.29 is 9.59 Å². The van der Waals surface area contributed by atoms with E-state index in [1.807, 2.05) is 0 Å². The molecule has 2 aromatic heterocycles. The highest BCUT2D eigenvalue weighted by molar-refractivity contribution is 5.96. The van der Waals surface area contributed by atoms with Crippen molar-refractivity contribution in [2.45, 2.75) is 13.5 Å². The number of nitrogens with zero attached hydrogens (tertiary/aromatic N) is 3. The Morgan fingerprint density at radius 3 is 2.79 bits per heavy atom. The minimum atomic E-state index is -0.339. The van der Waals surface area contributed by atoms with Gasteiger partial charge >= 0.3 is 0 Å². The Kier molecular flexibility index (Phi) is 3.56. The molecule has 0 saturated heterocycles. The third-order valence-corrected chi connectivity index (χ3v) is 2.45. The van der Waals surface area contributed by atoms with E-state index < -0.39 is 0 Å². The molecule has 2 rings (SSSR count). The first-order valence-electron chi connectivity index (χ1n) is 5.61. The summed E-state index contributed by atoms with van der Waals surface area (Å²) in [5.74, 6) is -0.228. The molecular formula is C12H13N5O2. The molecule has 1 amide bonds. The van der Waals surface area contributed by atoms with Crippen LogP contribution in [0.1, 0.15) is 23.0 Å². The Morgan fingerprint density at radius 1 is 1.37 bits per heavy atom. The number of pyridine rings is 1. The molecule has 2 aromatic rings. The first kappa shape index (κ1) is 12.7. The highest BCUT2D eigenvalue weighted by Crippen LogP contribution is 2.08. The first-order valence-corrected chi connectivity index (χ1v) is 5.61. The molecule has 98 valence electrons. The first-order chi connectivity index (χ1) is 9.08. The third kappa shape index (κ3) is 2.95. The lowest BCUT2D eigenvalue weighted by molar-refractivity contribution is -0.119. The maximum absolute atomic E-state index is 12.1. The van der Waals surface area contributed by atoms with E-state index in [-0.39, 0.29) is 24.2 Å². The third-order valence-electron chi connectivity index (χ3n) is 2.45. The monoisotopic (exact) mass is 259 g/mol. The van der Waals surface area contributed by atoms with Gasteiger partial charge in [-0.25, -0.2) is 0 Å². The maximum Gasteiger partial charge on any atom is 0.280 e. The van der Waals surface area contributed by atoms with Crippen LogP contribution in [-0.2, 0) is 11.3 Å². The van der Waals surface area contributed by atoms with Crippen LogP contribution in [0.15, 0.2) is 30.6 Å². The molecular weight excluding hydrogens is 246 g/mol. The van der Waals surface area contributed by atoms with Crippen molar-refractivity contribution in [1.29, 1.82) is 0 Å². The number of hydrogen-bond acceptors (Lipinski definition) is 5. The van der Waals surface area contributed by atoms with E-state index in [2.05, 4.69) is 15.4 Å². The van der Waals surface area contributed by atoms with Crippen molar-refractivity contribution in [2.75, 3.05) is 5.73 Å². The number of nitrogens with two attached hydrogens (primary N) is 1. The summed E-state index contributed by atoms with van der Waals surface area (Å²) in [4.78, 5) is 27.0. The number of amides is 1. The number of aromatic nitrogens is 3. The van der Waals surface area contributed by atoms with E-state index in [0.717, 1.165) is 4.68 Å². The number of hydrogen-bond donors (Lipinski definition) is 2. The summed E-state index contributed by atoms with van der Waals surface area (Å²) in [6.07, 6.45) is 2.96. The largest absolute Gasteiger partial charge is 0.383 e. The second-order valence-electron chi connectivity index (χ2n) is 3.92. The van der Waals surface area contributed by atoms with Crippen LogP contribution in [0, 0.1) is 0 Å². The van der Waals surface area contributed by atoms with Gasteiger partial charge in [0.1, 0.15) is 5.82 Å². The molecule has 2 heterocycles. The molecule has 0 bridgehead atoms. The van der Waals surface area contributed by atoms with E-state index in [9.17, 15) is 9.59 Å². The fourth-order valence-electron chi connectivity index (χ4n) is 1.53. The van der Waals surface area contributed by atoms with Gasteiger partial charge in [0.25, 0.3) is 5.91 Å². The highest BCUT2D eigenvalue weighted by atomic mass is 16.2. The smallest absolute Gasteiger partial charge is 0.280 e. The summed E-state index contributed by atoms with van der Waals surface area (Å²) in [7, 11) is 0. The number of nitrogen functional groups attached to an aromatic ring is 1. The molecule has 7 heteroatoms. The fraction of sp³-hybridized carbons (Fsp3) is 0.167. The summed E-state index contributed by atoms with van der Waals surface area (Å²) < 4.78 is 1.11. The van der Waals surface area contributed by atoms with Crippen molar-refractivity contribution in [3.8, 4) is 0 Å². The van der Waals surface area contributed by atoms with Gasteiger partial charge in [-0.05, 0) is 12.1 Å². The van der Waals surface area contributed by atoms with Gasteiger partial charge in [0.05, 0.1) is 18.4 Å². The molecule has 0 aliphatic carbocycles. The minimum Gasteiger partial charge on any atom is -0.383 e. The number of carbonyl (C=O) groups excluding carboxylic acids is 2. The predicted octanol–water partition coefficient (Wildman–Crippen LogP) is 0.185. The van der Waals surface area contributed by atoms with Gasteiger partial charge < -0.3 is 11.1 Å². The lowest BCUT2D eigenvalue weighted by atomic mass is 10.2. The predicted molar refractivity (Wildman–Crippen MR) is 68.1 cm³/mol. The van der Waals surface area contributed by atoms with Gasteiger partial charge in [-0.1, -0.05) is 0 Å². The zero-order valence-electron chi connectivity index (χ0n) is 10.3. The quantitative estimate of drug-likeness (QED) is 0.818. The Hall–Kier alpha value is -2.70. The molecule has 0 atom stereocenters. The molecule has 0 unspecified atom stereocenters. The highest BCUT2D eigenvalue weighted by Gasteiger charge is 2.12. The Balaban J connectivity index is 2.21. The van der Waals surface area contributed by atoms with Crippen molar-refractivity contribution in [3.63, 3.8) is 0 Å². The van der Waals surface area contributed by atoms with E-state index in [4.69, 9.17) is 5.73 Å². The van der Waals surface area contributed by atoms with Gasteiger partial charge in [0, 0.05) is 24.8 Å². The molecule has 7 nitrogen and oxygen atoms in total. The normalized spacial score (nSPS) is 10.2. The van der Waals surface area contributed by atoms with Crippen molar-refractivity contribution in [1.82, 2.24) is 20.1 Å². The molecule has 3 N–H and O–H groups in total. The molecule has 0 aromatic carbocycles. The van der Waals surface area contributed by atoms with Crippen LogP contribution in [0.3, 0.4) is 0 Å². The van der Waals surface area contributed by atoms with Gasteiger partial charge in [0.15, 0.2) is 0 Å². The Labute approximate surface area is 109 Å². The average Bonchev–Trinajstić information content (AvgIpc) is 2.82. The van der Waals surface area contributed by atoms with Crippen LogP contribution in [0.4, 0.5) is 5.82 Å². The van der Waals surface area contributed by atoms with Crippen molar-refractivity contribution in [3.05, 3.63) is 41.9 Å². The van der Waals surface area contributed by atoms with E-state index >= 15 is 0 Å². The van der Waals surface area contributed by atoms with Gasteiger partial charge in [0.2, 0.25) is 5.91 Å². The number of anilines is 1. The van der Waals surface area contributed by atoms with Crippen molar-refractivity contribution >= 4 is 17.6 Å². The van der Waals surface area contributed by atoms with Gasteiger partial charge in [-0.15, -0.1) is 0 Å². The molecule has 0 saturated carbocycles. The Morgan fingerprint density at radius 2 is 2.16 bits per heavy atom. The number of nitrogens with one attached hydrogen (secondary N) is 1. The summed E-state index contributed by atoms with van der Waals surface area (Å²) in [6, 6.07) is 4.71. The summed E-state index contributed by atoms with van der Waals surface area (Å²) in [5.41, 5.74) is 6.62. The fourth-order valence-corrected chi connectivity index (χ4v) is 1.53. The Bertz CT molecular complexity index is 620. The SMILES string of the molecule is CC(=O)NCc1cc(C(=O)n2nccc2N)ccn1. The summed E-state index contributed by atoms with van der Waals surface area (Å²) >= 11 is 0. The zero-order valence-corrected chi connectivity index (χ0v) is 10.3. The maximum atomic E-state index is 12.1. The van der Waals surface area contributed by atoms with E-state index in [0.29, 0.717) is 11.3 Å². The molecule has 0 spiro atoms.